The second kappa shape index (κ2) is 11.3. The van der Waals surface area contributed by atoms with Crippen LogP contribution >= 0.6 is 0 Å². The molecule has 4 aromatic rings. The number of rotatable bonds is 6. The summed E-state index contributed by atoms with van der Waals surface area (Å²) in [7, 11) is 0. The van der Waals surface area contributed by atoms with E-state index in [0.717, 1.165) is 16.8 Å². The molecule has 33 heavy (non-hydrogen) atoms. The Morgan fingerprint density at radius 2 is 1.76 bits per heavy atom. The van der Waals surface area contributed by atoms with E-state index in [-0.39, 0.29) is 18.6 Å². The number of halogens is 1. The van der Waals surface area contributed by atoms with Crippen LogP contribution in [0.15, 0.2) is 79.4 Å². The van der Waals surface area contributed by atoms with Gasteiger partial charge < -0.3 is 15.5 Å². The Bertz CT molecular complexity index is 1230. The highest BCUT2D eigenvalue weighted by molar-refractivity contribution is 6.05. The van der Waals surface area contributed by atoms with E-state index in [2.05, 4.69) is 15.5 Å². The molecule has 4 rings (SSSR count). The van der Waals surface area contributed by atoms with Gasteiger partial charge >= 0.3 is 0 Å². The maximum Gasteiger partial charge on any atom is 0.290 e. The summed E-state index contributed by atoms with van der Waals surface area (Å²) in [5.74, 6) is -0.925. The third-order valence-electron chi connectivity index (χ3n) is 4.69. The van der Waals surface area contributed by atoms with Gasteiger partial charge in [0.2, 0.25) is 0 Å². The van der Waals surface area contributed by atoms with Crippen LogP contribution in [0.2, 0.25) is 0 Å². The Labute approximate surface area is 189 Å². The monoisotopic (exact) mass is 448 g/mol. The molecule has 0 aliphatic carbocycles. The molecule has 3 aromatic carbocycles. The normalized spacial score (nSPS) is 10.1. The number of amides is 1. The topological polar surface area (TPSA) is 117 Å². The first-order chi connectivity index (χ1) is 16.0. The third-order valence-corrected chi connectivity index (χ3v) is 4.69. The highest BCUT2D eigenvalue weighted by Crippen LogP contribution is 2.26. The number of aromatic nitrogens is 3. The fourth-order valence-corrected chi connectivity index (χ4v) is 3.30. The quantitative estimate of drug-likeness (QED) is 0.388. The lowest BCUT2D eigenvalue weighted by Gasteiger charge is -2.12. The zero-order valence-electron chi connectivity index (χ0n) is 17.4. The summed E-state index contributed by atoms with van der Waals surface area (Å²) in [6.45, 7) is -0.261. The minimum absolute atomic E-state index is 0.0115. The number of carbonyl (C=O) groups is 2. The van der Waals surface area contributed by atoms with E-state index in [1.807, 2.05) is 30.3 Å². The summed E-state index contributed by atoms with van der Waals surface area (Å²) < 4.78 is 16.0. The highest BCUT2D eigenvalue weighted by Gasteiger charge is 2.13. The number of aliphatic hydroxyl groups excluding tert-OH is 1. The van der Waals surface area contributed by atoms with Gasteiger partial charge in [0.25, 0.3) is 12.4 Å². The van der Waals surface area contributed by atoms with Crippen molar-refractivity contribution in [3.8, 4) is 16.8 Å². The maximum absolute atomic E-state index is 14.3. The minimum Gasteiger partial charge on any atom is -0.483 e. The lowest BCUT2D eigenvalue weighted by Crippen LogP contribution is -2.12. The number of nitrogens with one attached hydrogen (secondary N) is 1. The van der Waals surface area contributed by atoms with Gasteiger partial charge in [-0.2, -0.15) is 0 Å². The van der Waals surface area contributed by atoms with E-state index in [0.29, 0.717) is 17.7 Å². The Morgan fingerprint density at radius 3 is 2.48 bits per heavy atom. The first-order valence-electron chi connectivity index (χ1n) is 9.89. The average molecular weight is 448 g/mol. The zero-order valence-corrected chi connectivity index (χ0v) is 17.4. The van der Waals surface area contributed by atoms with Crippen molar-refractivity contribution in [2.24, 2.45) is 0 Å². The van der Waals surface area contributed by atoms with Gasteiger partial charge in [-0.05, 0) is 59.5 Å². The fourth-order valence-electron chi connectivity index (χ4n) is 3.30. The Hall–Kier alpha value is -4.37. The number of carbonyl (C=O) groups excluding carboxylic acids is 1. The van der Waals surface area contributed by atoms with Crippen LogP contribution in [0.4, 0.5) is 10.1 Å². The molecule has 3 N–H and O–H groups in total. The number of nitrogens with zero attached hydrogens (tertiary/aromatic N) is 3. The van der Waals surface area contributed by atoms with Crippen LogP contribution in [0, 0.1) is 5.82 Å². The van der Waals surface area contributed by atoms with Crippen LogP contribution in [0.25, 0.3) is 16.8 Å². The average Bonchev–Trinajstić information content (AvgIpc) is 3.35. The molecule has 0 bridgehead atoms. The standard InChI is InChI=1S/C23H19FN4O2.CH2O2/c24-19-11-17(22-7-2-1-4-16(22)8-9-29)10-18(12-19)23(30)27-20-5-3-6-21(13-20)28-14-25-26-15-28;2-1-3/h1-7,10-15,29H,8-9H2,(H,27,30);1H,(H,2,3). The Morgan fingerprint density at radius 1 is 1.03 bits per heavy atom. The van der Waals surface area contributed by atoms with Crippen LogP contribution < -0.4 is 5.32 Å². The van der Waals surface area contributed by atoms with Crippen LogP contribution in [0.1, 0.15) is 15.9 Å². The summed E-state index contributed by atoms with van der Waals surface area (Å²) in [4.78, 5) is 21.2. The summed E-state index contributed by atoms with van der Waals surface area (Å²) in [5.41, 5.74) is 3.82. The molecule has 1 amide bonds. The van der Waals surface area contributed by atoms with Crippen LogP contribution in [0.5, 0.6) is 0 Å². The van der Waals surface area contributed by atoms with Crippen LogP contribution in [-0.4, -0.2) is 44.0 Å². The molecule has 0 saturated carbocycles. The van der Waals surface area contributed by atoms with Gasteiger partial charge in [0.05, 0.1) is 5.69 Å². The number of anilines is 1. The van der Waals surface area contributed by atoms with Gasteiger partial charge in [0.15, 0.2) is 0 Å². The van der Waals surface area contributed by atoms with Crippen molar-refractivity contribution in [2.75, 3.05) is 11.9 Å². The van der Waals surface area contributed by atoms with Crippen LogP contribution in [0.3, 0.4) is 0 Å². The van der Waals surface area contributed by atoms with Crippen molar-refractivity contribution in [2.45, 2.75) is 6.42 Å². The first kappa shape index (κ1) is 23.3. The van der Waals surface area contributed by atoms with E-state index in [1.165, 1.54) is 12.1 Å². The number of carboxylic acid groups (broad SMARTS) is 1. The van der Waals surface area contributed by atoms with E-state index in [9.17, 15) is 14.3 Å². The fraction of sp³-hybridized carbons (Fsp3) is 0.0833. The molecule has 8 nitrogen and oxygen atoms in total. The van der Waals surface area contributed by atoms with Crippen molar-refractivity contribution in [1.82, 2.24) is 14.8 Å². The highest BCUT2D eigenvalue weighted by atomic mass is 19.1. The molecule has 0 atom stereocenters. The summed E-state index contributed by atoms with van der Waals surface area (Å²) in [6, 6.07) is 18.9. The van der Waals surface area contributed by atoms with Crippen molar-refractivity contribution in [3.63, 3.8) is 0 Å². The SMILES string of the molecule is O=C(Nc1cccc(-n2cnnc2)c1)c1cc(F)cc(-c2ccccc2CCO)c1.O=CO. The van der Waals surface area contributed by atoms with Gasteiger partial charge in [0, 0.05) is 17.9 Å². The molecule has 1 aromatic heterocycles. The lowest BCUT2D eigenvalue weighted by atomic mass is 9.96. The molecule has 0 fully saturated rings. The van der Waals surface area contributed by atoms with Crippen molar-refractivity contribution in [1.29, 1.82) is 0 Å². The van der Waals surface area contributed by atoms with Crippen LogP contribution in [-0.2, 0) is 11.2 Å². The van der Waals surface area contributed by atoms with E-state index >= 15 is 0 Å². The molecule has 0 aliphatic heterocycles. The number of hydrogen-bond donors (Lipinski definition) is 3. The summed E-state index contributed by atoms with van der Waals surface area (Å²) in [5, 5.41) is 26.5. The molecular weight excluding hydrogens is 427 g/mol. The van der Waals surface area contributed by atoms with Gasteiger partial charge in [-0.25, -0.2) is 4.39 Å². The molecule has 0 unspecified atom stereocenters. The minimum atomic E-state index is -0.505. The van der Waals surface area contributed by atoms with Crippen molar-refractivity contribution >= 4 is 18.1 Å². The first-order valence-corrected chi connectivity index (χ1v) is 9.89. The predicted octanol–water partition coefficient (Wildman–Crippen LogP) is 3.56. The van der Waals surface area contributed by atoms with Gasteiger partial charge in [0.1, 0.15) is 18.5 Å². The number of hydrogen-bond acceptors (Lipinski definition) is 5. The molecule has 168 valence electrons. The summed E-state index contributed by atoms with van der Waals surface area (Å²) >= 11 is 0. The third kappa shape index (κ3) is 6.08. The van der Waals surface area contributed by atoms with Gasteiger partial charge in [-0.3, -0.25) is 14.2 Å². The maximum atomic E-state index is 14.3. The zero-order chi connectivity index (χ0) is 23.6. The molecule has 0 saturated heterocycles. The second-order valence-corrected chi connectivity index (χ2v) is 6.84. The van der Waals surface area contributed by atoms with E-state index in [1.54, 1.807) is 41.5 Å². The van der Waals surface area contributed by atoms with E-state index in [4.69, 9.17) is 9.90 Å². The van der Waals surface area contributed by atoms with Crippen molar-refractivity contribution in [3.05, 3.63) is 96.3 Å². The van der Waals surface area contributed by atoms with Crippen molar-refractivity contribution < 1.29 is 24.2 Å². The molecule has 1 heterocycles. The second-order valence-electron chi connectivity index (χ2n) is 6.84. The predicted molar refractivity (Wildman–Crippen MR) is 121 cm³/mol. The lowest BCUT2D eigenvalue weighted by molar-refractivity contribution is -0.122. The number of benzene rings is 3. The molecule has 0 aliphatic rings. The molecule has 0 radical (unpaired) electrons. The number of aliphatic hydroxyl groups is 1. The Kier molecular flexibility index (Phi) is 7.98. The van der Waals surface area contributed by atoms with Gasteiger partial charge in [-0.1, -0.05) is 30.3 Å². The molecule has 0 spiro atoms. The summed E-state index contributed by atoms with van der Waals surface area (Å²) in [6.07, 6.45) is 3.57. The molecular formula is C24H21FN4O4. The van der Waals surface area contributed by atoms with Gasteiger partial charge in [-0.15, -0.1) is 10.2 Å². The Balaban J connectivity index is 0.000000968. The molecule has 9 heteroatoms. The van der Waals surface area contributed by atoms with E-state index < -0.39 is 11.7 Å². The smallest absolute Gasteiger partial charge is 0.290 e. The largest absolute Gasteiger partial charge is 0.483 e.